The van der Waals surface area contributed by atoms with E-state index in [1.54, 1.807) is 12.3 Å². The molecule has 1 heterocycles. The van der Waals surface area contributed by atoms with E-state index < -0.39 is 10.0 Å². The summed E-state index contributed by atoms with van der Waals surface area (Å²) in [6.45, 7) is 1.82. The fourth-order valence-electron chi connectivity index (χ4n) is 1.52. The lowest BCUT2D eigenvalue weighted by Crippen LogP contribution is -2.35. The zero-order valence-electron chi connectivity index (χ0n) is 9.86. The normalized spacial score (nSPS) is 13.8. The Kier molecular flexibility index (Phi) is 6.02. The molecule has 0 aliphatic rings. The number of nitrogens with one attached hydrogen (secondary N) is 1. The highest BCUT2D eigenvalue weighted by atomic mass is 35.5. The Morgan fingerprint density at radius 2 is 2.24 bits per heavy atom. The minimum absolute atomic E-state index is 0.127. The Balaban J connectivity index is 2.36. The van der Waals surface area contributed by atoms with E-state index in [2.05, 4.69) is 4.72 Å². The van der Waals surface area contributed by atoms with Crippen molar-refractivity contribution in [3.63, 3.8) is 0 Å². The fourth-order valence-corrected chi connectivity index (χ4v) is 3.11. The summed E-state index contributed by atoms with van der Waals surface area (Å²) in [7, 11) is -3.21. The van der Waals surface area contributed by atoms with E-state index in [1.807, 2.05) is 13.0 Å². The fraction of sp³-hybridized carbons (Fsp3) is 0.636. The molecule has 0 saturated heterocycles. The average molecular weight is 280 g/mol. The number of furan rings is 1. The zero-order valence-corrected chi connectivity index (χ0v) is 11.4. The Morgan fingerprint density at radius 3 is 2.82 bits per heavy atom. The van der Waals surface area contributed by atoms with Gasteiger partial charge in [-0.2, -0.15) is 0 Å². The van der Waals surface area contributed by atoms with Crippen LogP contribution >= 0.6 is 11.6 Å². The maximum Gasteiger partial charge on any atom is 0.211 e. The van der Waals surface area contributed by atoms with Crippen molar-refractivity contribution < 1.29 is 12.8 Å². The molecule has 6 heteroatoms. The van der Waals surface area contributed by atoms with Crippen LogP contribution in [0.25, 0.3) is 0 Å². The van der Waals surface area contributed by atoms with Gasteiger partial charge in [-0.05, 0) is 31.9 Å². The first-order valence-electron chi connectivity index (χ1n) is 5.62. The van der Waals surface area contributed by atoms with Crippen LogP contribution in [0.3, 0.4) is 0 Å². The smallest absolute Gasteiger partial charge is 0.211 e. The van der Waals surface area contributed by atoms with Crippen molar-refractivity contribution in [3.05, 3.63) is 24.2 Å². The van der Waals surface area contributed by atoms with Gasteiger partial charge in [-0.25, -0.2) is 13.1 Å². The van der Waals surface area contributed by atoms with Crippen LogP contribution in [0.2, 0.25) is 0 Å². The second kappa shape index (κ2) is 7.03. The highest BCUT2D eigenvalue weighted by Crippen LogP contribution is 2.05. The molecule has 0 fully saturated rings. The largest absolute Gasteiger partial charge is 0.469 e. The van der Waals surface area contributed by atoms with Crippen molar-refractivity contribution >= 4 is 21.6 Å². The lowest BCUT2D eigenvalue weighted by atomic mass is 10.2. The van der Waals surface area contributed by atoms with Crippen LogP contribution in [0.4, 0.5) is 0 Å². The molecule has 0 aliphatic carbocycles. The summed E-state index contributed by atoms with van der Waals surface area (Å²) in [4.78, 5) is 0. The Bertz CT molecular complexity index is 402. The van der Waals surface area contributed by atoms with Crippen LogP contribution in [0.15, 0.2) is 22.8 Å². The summed E-state index contributed by atoms with van der Waals surface area (Å²) >= 11 is 5.50. The first kappa shape index (κ1) is 14.5. The van der Waals surface area contributed by atoms with Gasteiger partial charge in [0.25, 0.3) is 0 Å². The van der Waals surface area contributed by atoms with E-state index in [4.69, 9.17) is 16.0 Å². The number of hydrogen-bond donors (Lipinski definition) is 1. The molecular weight excluding hydrogens is 262 g/mol. The minimum atomic E-state index is -3.21. The second-order valence-corrected chi connectivity index (χ2v) is 6.27. The summed E-state index contributed by atoms with van der Waals surface area (Å²) in [6, 6.07) is 3.46. The number of alkyl halides is 1. The number of halogens is 1. The lowest BCUT2D eigenvalue weighted by Gasteiger charge is -2.12. The predicted molar refractivity (Wildman–Crippen MR) is 68.8 cm³/mol. The van der Waals surface area contributed by atoms with Crippen molar-refractivity contribution in [1.29, 1.82) is 0 Å². The molecular formula is C11H18ClNO3S. The van der Waals surface area contributed by atoms with E-state index >= 15 is 0 Å². The van der Waals surface area contributed by atoms with Crippen molar-refractivity contribution in [2.75, 3.05) is 11.6 Å². The number of sulfonamides is 1. The molecule has 4 nitrogen and oxygen atoms in total. The second-order valence-electron chi connectivity index (χ2n) is 4.02. The summed E-state index contributed by atoms with van der Waals surface area (Å²) < 4.78 is 31.1. The molecule has 1 aromatic rings. The summed E-state index contributed by atoms with van der Waals surface area (Å²) in [5, 5.41) is 0. The third-order valence-corrected chi connectivity index (χ3v) is 4.12. The molecule has 1 N–H and O–H groups in total. The number of rotatable bonds is 8. The van der Waals surface area contributed by atoms with Crippen LogP contribution in [0.5, 0.6) is 0 Å². The van der Waals surface area contributed by atoms with Crippen LogP contribution in [0, 0.1) is 0 Å². The van der Waals surface area contributed by atoms with Gasteiger partial charge in [0.2, 0.25) is 10.0 Å². The maximum absolute atomic E-state index is 11.7. The Labute approximate surface area is 107 Å². The maximum atomic E-state index is 11.7. The van der Waals surface area contributed by atoms with Gasteiger partial charge in [-0.3, -0.25) is 0 Å². The molecule has 0 spiro atoms. The minimum Gasteiger partial charge on any atom is -0.469 e. The van der Waals surface area contributed by atoms with Gasteiger partial charge in [-0.1, -0.05) is 0 Å². The lowest BCUT2D eigenvalue weighted by molar-refractivity contribution is 0.478. The zero-order chi connectivity index (χ0) is 12.7. The van der Waals surface area contributed by atoms with Crippen LogP contribution < -0.4 is 4.72 Å². The Hall–Kier alpha value is -0.520. The van der Waals surface area contributed by atoms with Gasteiger partial charge >= 0.3 is 0 Å². The quantitative estimate of drug-likeness (QED) is 0.586. The number of unbranched alkanes of at least 4 members (excludes halogenated alkanes) is 1. The molecule has 17 heavy (non-hydrogen) atoms. The molecule has 0 aliphatic heterocycles. The van der Waals surface area contributed by atoms with E-state index in [1.165, 1.54) is 0 Å². The molecule has 0 radical (unpaired) electrons. The first-order valence-corrected chi connectivity index (χ1v) is 7.80. The van der Waals surface area contributed by atoms with Gasteiger partial charge in [0.15, 0.2) is 0 Å². The summed E-state index contributed by atoms with van der Waals surface area (Å²) in [5.41, 5.74) is 0. The molecule has 0 amide bonds. The third-order valence-electron chi connectivity index (χ3n) is 2.26. The van der Waals surface area contributed by atoms with Crippen molar-refractivity contribution in [2.45, 2.75) is 32.2 Å². The standard InChI is InChI=1S/C11H18ClNO3S/c1-10(9-11-5-4-7-16-11)13-17(14,15)8-3-2-6-12/h4-5,7,10,13H,2-3,6,8-9H2,1H3. The number of hydrogen-bond acceptors (Lipinski definition) is 3. The van der Waals surface area contributed by atoms with E-state index in [-0.39, 0.29) is 11.8 Å². The highest BCUT2D eigenvalue weighted by Gasteiger charge is 2.15. The molecule has 1 atom stereocenters. The summed E-state index contributed by atoms with van der Waals surface area (Å²) in [5.74, 6) is 1.40. The first-order chi connectivity index (χ1) is 8.03. The van der Waals surface area contributed by atoms with E-state index in [9.17, 15) is 8.42 Å². The Morgan fingerprint density at radius 1 is 1.47 bits per heavy atom. The molecule has 0 aromatic carbocycles. The summed E-state index contributed by atoms with van der Waals surface area (Å²) in [6.07, 6.45) is 3.44. The molecule has 1 rings (SSSR count). The molecule has 1 unspecified atom stereocenters. The van der Waals surface area contributed by atoms with Crippen LogP contribution in [-0.2, 0) is 16.4 Å². The van der Waals surface area contributed by atoms with Gasteiger partial charge in [0.1, 0.15) is 5.76 Å². The van der Waals surface area contributed by atoms with Gasteiger partial charge < -0.3 is 4.42 Å². The molecule has 1 aromatic heterocycles. The van der Waals surface area contributed by atoms with E-state index in [0.29, 0.717) is 18.7 Å². The van der Waals surface area contributed by atoms with Crippen LogP contribution in [0.1, 0.15) is 25.5 Å². The molecule has 0 bridgehead atoms. The SMILES string of the molecule is CC(Cc1ccco1)NS(=O)(=O)CCCCCl. The third kappa shape index (κ3) is 6.10. The highest BCUT2D eigenvalue weighted by molar-refractivity contribution is 7.89. The monoisotopic (exact) mass is 279 g/mol. The topological polar surface area (TPSA) is 59.3 Å². The van der Waals surface area contributed by atoms with Gasteiger partial charge in [0, 0.05) is 18.3 Å². The van der Waals surface area contributed by atoms with Gasteiger partial charge in [0.05, 0.1) is 12.0 Å². The van der Waals surface area contributed by atoms with Crippen molar-refractivity contribution in [2.24, 2.45) is 0 Å². The van der Waals surface area contributed by atoms with E-state index in [0.717, 1.165) is 12.2 Å². The average Bonchev–Trinajstić information content (AvgIpc) is 2.69. The molecule has 0 saturated carbocycles. The van der Waals surface area contributed by atoms with Crippen molar-refractivity contribution in [3.8, 4) is 0 Å². The van der Waals surface area contributed by atoms with Gasteiger partial charge in [-0.15, -0.1) is 11.6 Å². The predicted octanol–water partition coefficient (Wildman–Crippen LogP) is 2.15. The molecule has 98 valence electrons. The van der Waals surface area contributed by atoms with Crippen LogP contribution in [-0.4, -0.2) is 26.1 Å². The van der Waals surface area contributed by atoms with Crippen molar-refractivity contribution in [1.82, 2.24) is 4.72 Å².